The maximum atomic E-state index is 13.3. The van der Waals surface area contributed by atoms with Gasteiger partial charge in [-0.1, -0.05) is 59.7 Å². The molecule has 15 heteroatoms. The van der Waals surface area contributed by atoms with E-state index in [-0.39, 0.29) is 35.6 Å². The topological polar surface area (TPSA) is 209 Å². The Morgan fingerprint density at radius 1 is 1.02 bits per heavy atom. The van der Waals surface area contributed by atoms with E-state index in [9.17, 15) is 17.6 Å². The molecule has 4 aromatic rings. The van der Waals surface area contributed by atoms with E-state index in [0.717, 1.165) is 59.2 Å². The third kappa shape index (κ3) is 14.0. The predicted octanol–water partition coefficient (Wildman–Crippen LogP) is 3.52. The first kappa shape index (κ1) is 42.1. The minimum atomic E-state index is -3.21. The largest absolute Gasteiger partial charge is 0.490 e. The summed E-state index contributed by atoms with van der Waals surface area (Å²) in [5, 5.41) is 4.27. The number of hydrogen-bond acceptors (Lipinski definition) is 8. The summed E-state index contributed by atoms with van der Waals surface area (Å²) < 4.78 is 45.1. The number of nitrogens with two attached hydrogens (primary N) is 3. The van der Waals surface area contributed by atoms with Crippen molar-refractivity contribution >= 4 is 27.0 Å². The Morgan fingerprint density at radius 3 is 2.31 bits per heavy atom. The fraction of sp³-hybridized carbons (Fsp3) is 0.486. The number of rotatable bonds is 15. The van der Waals surface area contributed by atoms with E-state index in [4.69, 9.17) is 21.9 Å². The fourth-order valence-corrected chi connectivity index (χ4v) is 5.43. The molecular formula is C37H56FN9O4S. The molecule has 2 heterocycles. The number of hydrogen-bond donors (Lipinski definition) is 6. The van der Waals surface area contributed by atoms with Gasteiger partial charge in [-0.05, 0) is 71.8 Å². The summed E-state index contributed by atoms with van der Waals surface area (Å²) in [5.41, 5.74) is 21.0. The molecule has 0 amide bonds. The van der Waals surface area contributed by atoms with Gasteiger partial charge in [0.2, 0.25) is 10.0 Å². The van der Waals surface area contributed by atoms with Crippen LogP contribution in [0, 0.1) is 0 Å². The Bertz CT molecular complexity index is 1940. The number of H-pyrrole nitrogens is 1. The lowest BCUT2D eigenvalue weighted by molar-refractivity contribution is 0.200. The third-order valence-corrected chi connectivity index (χ3v) is 8.69. The number of fused-ring (bicyclic) bond motifs is 1. The molecule has 9 N–H and O–H groups in total. The first-order chi connectivity index (χ1) is 24.2. The van der Waals surface area contributed by atoms with Gasteiger partial charge in [0.1, 0.15) is 24.2 Å². The second-order valence-corrected chi connectivity index (χ2v) is 16.6. The van der Waals surface area contributed by atoms with Crippen molar-refractivity contribution < 1.29 is 17.5 Å². The lowest BCUT2D eigenvalue weighted by atomic mass is 9.85. The van der Waals surface area contributed by atoms with Gasteiger partial charge in [-0.15, -0.1) is 0 Å². The van der Waals surface area contributed by atoms with Crippen LogP contribution >= 0.6 is 0 Å². The summed E-state index contributed by atoms with van der Waals surface area (Å²) in [6.07, 6.45) is 3.16. The highest BCUT2D eigenvalue weighted by Gasteiger charge is 2.18. The monoisotopic (exact) mass is 741 g/mol. The van der Waals surface area contributed by atoms with Crippen LogP contribution in [0.4, 0.5) is 4.39 Å². The summed E-state index contributed by atoms with van der Waals surface area (Å²) in [6, 6.07) is 15.6. The Labute approximate surface area is 306 Å². The van der Waals surface area contributed by atoms with Gasteiger partial charge >= 0.3 is 5.69 Å². The van der Waals surface area contributed by atoms with Crippen LogP contribution in [0.15, 0.2) is 64.5 Å². The Balaban J connectivity index is 0.000000289. The number of aromatic nitrogens is 3. The molecule has 0 unspecified atom stereocenters. The minimum absolute atomic E-state index is 0.0352. The van der Waals surface area contributed by atoms with Crippen LogP contribution in [0.25, 0.3) is 16.7 Å². The molecule has 0 spiro atoms. The highest BCUT2D eigenvalue weighted by atomic mass is 32.2. The van der Waals surface area contributed by atoms with Crippen LogP contribution in [0.2, 0.25) is 0 Å². The molecule has 4 rings (SSSR count). The van der Waals surface area contributed by atoms with Crippen molar-refractivity contribution in [1.29, 1.82) is 0 Å². The van der Waals surface area contributed by atoms with Crippen LogP contribution in [0.3, 0.4) is 0 Å². The maximum absolute atomic E-state index is 13.3. The van der Waals surface area contributed by atoms with E-state index < -0.39 is 16.2 Å². The van der Waals surface area contributed by atoms with Crippen LogP contribution in [-0.2, 0) is 33.8 Å². The van der Waals surface area contributed by atoms with Crippen molar-refractivity contribution in [3.8, 4) is 11.4 Å². The van der Waals surface area contributed by atoms with Crippen molar-refractivity contribution in [3.63, 3.8) is 0 Å². The van der Waals surface area contributed by atoms with Crippen LogP contribution in [0.1, 0.15) is 70.3 Å². The molecule has 2 aromatic carbocycles. The van der Waals surface area contributed by atoms with Crippen LogP contribution in [-0.4, -0.2) is 74.1 Å². The van der Waals surface area contributed by atoms with Crippen molar-refractivity contribution in [1.82, 2.24) is 24.6 Å². The molecule has 0 saturated heterocycles. The number of aliphatic imine (C=N–C) groups is 1. The number of ether oxygens (including phenoxy) is 1. The molecule has 0 aliphatic carbocycles. The summed E-state index contributed by atoms with van der Waals surface area (Å²) in [5.74, 6) is 0.695. The second-order valence-electron chi connectivity index (χ2n) is 14.8. The summed E-state index contributed by atoms with van der Waals surface area (Å²) in [7, 11) is -3.21. The van der Waals surface area contributed by atoms with Gasteiger partial charge in [0, 0.05) is 48.9 Å². The van der Waals surface area contributed by atoms with E-state index in [1.165, 1.54) is 0 Å². The predicted molar refractivity (Wildman–Crippen MR) is 209 cm³/mol. The highest BCUT2D eigenvalue weighted by molar-refractivity contribution is 7.88. The minimum Gasteiger partial charge on any atom is -0.490 e. The molecule has 0 bridgehead atoms. The van der Waals surface area contributed by atoms with Gasteiger partial charge < -0.3 is 32.2 Å². The number of aromatic amines is 1. The normalized spacial score (nSPS) is 12.6. The first-order valence-electron chi connectivity index (χ1n) is 17.3. The number of sulfonamides is 1. The SMILES string of the molecule is CC(C)(C)c1cc(CCNS(C)(=O)=O)cc(OC[C@H](F)CN)c1.CC(C)(C)c1cc2cn(-c3ccc(CNCCCN=C(N)N)cc3)c(=O)nc2[nH]1. The molecule has 13 nitrogen and oxygen atoms in total. The van der Waals surface area contributed by atoms with Gasteiger partial charge in [-0.3, -0.25) is 9.56 Å². The van der Waals surface area contributed by atoms with Gasteiger partial charge in [0.05, 0.1) is 11.9 Å². The zero-order valence-corrected chi connectivity index (χ0v) is 32.2. The van der Waals surface area contributed by atoms with Crippen molar-refractivity contribution in [2.75, 3.05) is 39.0 Å². The lowest BCUT2D eigenvalue weighted by Gasteiger charge is -2.22. The first-order valence-corrected chi connectivity index (χ1v) is 19.2. The van der Waals surface area contributed by atoms with Gasteiger partial charge in [-0.25, -0.2) is 22.3 Å². The molecule has 0 saturated carbocycles. The standard InChI is InChI=1S/C21H29N7O.C16H27FN2O3S/c1-21(2,3)17-11-15-13-28(20(29)27-18(15)26-17)16-7-5-14(6-8-16)12-24-9-4-10-25-19(22)23;1-16(2,3)13-7-12(5-6-19-23(4,20)21)8-15(9-13)22-11-14(17)10-18/h5-8,11,13,24H,4,9-10,12H2,1-3H3,(H4,22,23,25)(H,26,27,29);7-9,14,19H,5-6,10-11,18H2,1-4H3/t;14-/m.1/s1. The van der Waals surface area contributed by atoms with E-state index in [1.807, 2.05) is 48.7 Å². The Morgan fingerprint density at radius 2 is 1.71 bits per heavy atom. The third-order valence-electron chi connectivity index (χ3n) is 7.96. The number of nitrogens with one attached hydrogen (secondary N) is 3. The number of alkyl halides is 1. The zero-order chi connectivity index (χ0) is 38.7. The lowest BCUT2D eigenvalue weighted by Crippen LogP contribution is -2.24. The summed E-state index contributed by atoms with van der Waals surface area (Å²) in [4.78, 5) is 23.9. The molecule has 0 fully saturated rings. The quantitative estimate of drug-likeness (QED) is 0.0598. The summed E-state index contributed by atoms with van der Waals surface area (Å²) >= 11 is 0. The Hall–Kier alpha value is -4.31. The van der Waals surface area contributed by atoms with E-state index >= 15 is 0 Å². The maximum Gasteiger partial charge on any atom is 0.354 e. The van der Waals surface area contributed by atoms with Crippen molar-refractivity contribution in [2.24, 2.45) is 22.2 Å². The van der Waals surface area contributed by atoms with E-state index in [2.05, 4.69) is 72.6 Å². The number of nitrogens with zero attached hydrogens (tertiary/aromatic N) is 3. The van der Waals surface area contributed by atoms with Crippen molar-refractivity contribution in [2.45, 2.75) is 77.9 Å². The Kier molecular flexibility index (Phi) is 14.9. The van der Waals surface area contributed by atoms with E-state index in [1.54, 1.807) is 4.57 Å². The summed E-state index contributed by atoms with van der Waals surface area (Å²) in [6.45, 7) is 14.9. The van der Waals surface area contributed by atoms with Crippen LogP contribution < -0.4 is 37.7 Å². The molecular weight excluding hydrogens is 686 g/mol. The number of benzene rings is 2. The number of halogens is 1. The van der Waals surface area contributed by atoms with E-state index in [0.29, 0.717) is 30.9 Å². The second kappa shape index (κ2) is 18.4. The molecule has 286 valence electrons. The smallest absolute Gasteiger partial charge is 0.354 e. The van der Waals surface area contributed by atoms with Gasteiger partial charge in [0.15, 0.2) is 5.96 Å². The molecule has 0 aliphatic heterocycles. The van der Waals surface area contributed by atoms with Crippen LogP contribution in [0.5, 0.6) is 5.75 Å². The average molecular weight is 742 g/mol. The molecule has 52 heavy (non-hydrogen) atoms. The zero-order valence-electron chi connectivity index (χ0n) is 31.4. The van der Waals surface area contributed by atoms with Gasteiger partial charge in [-0.2, -0.15) is 4.98 Å². The number of guanidine groups is 1. The molecule has 0 radical (unpaired) electrons. The highest BCUT2D eigenvalue weighted by Crippen LogP contribution is 2.28. The molecule has 0 aliphatic rings. The van der Waals surface area contributed by atoms with Gasteiger partial charge in [0.25, 0.3) is 0 Å². The molecule has 2 aromatic heterocycles. The van der Waals surface area contributed by atoms with Crippen molar-refractivity contribution in [3.05, 3.63) is 87.6 Å². The fourth-order valence-electron chi connectivity index (χ4n) is 4.96. The molecule has 1 atom stereocenters. The average Bonchev–Trinajstić information content (AvgIpc) is 3.48.